The Morgan fingerprint density at radius 3 is 2.58 bits per heavy atom. The molecule has 0 saturated heterocycles. The lowest BCUT2D eigenvalue weighted by Crippen LogP contribution is -2.41. The first-order valence-electron chi connectivity index (χ1n) is 8.41. The lowest BCUT2D eigenvalue weighted by atomic mass is 9.94. The number of nitrogens with zero attached hydrogens (tertiary/aromatic N) is 1. The molecule has 2 aromatic rings. The van der Waals surface area contributed by atoms with Gasteiger partial charge in [-0.25, -0.2) is 0 Å². The fourth-order valence-corrected chi connectivity index (χ4v) is 3.87. The van der Waals surface area contributed by atoms with E-state index in [-0.39, 0.29) is 18.4 Å². The number of anilines is 1. The molecule has 6 heteroatoms. The summed E-state index contributed by atoms with van der Waals surface area (Å²) in [5.41, 5.74) is 1.16. The monoisotopic (exact) mass is 388 g/mol. The highest BCUT2D eigenvalue weighted by Gasteiger charge is 2.52. The summed E-state index contributed by atoms with van der Waals surface area (Å²) in [6.07, 6.45) is 3.53. The summed E-state index contributed by atoms with van der Waals surface area (Å²) in [4.78, 5) is 27.8. The van der Waals surface area contributed by atoms with E-state index in [1.54, 1.807) is 24.9 Å². The molecule has 0 atom stereocenters. The Morgan fingerprint density at radius 1 is 1.19 bits per heavy atom. The third kappa shape index (κ3) is 3.89. The van der Waals surface area contributed by atoms with Crippen LogP contribution in [-0.4, -0.2) is 36.6 Å². The quantitative estimate of drug-likeness (QED) is 0.755. The van der Waals surface area contributed by atoms with Crippen molar-refractivity contribution in [3.8, 4) is 0 Å². The molecule has 0 unspecified atom stereocenters. The number of hydrogen-bond donors (Lipinski definition) is 1. The van der Waals surface area contributed by atoms with E-state index in [1.807, 2.05) is 48.7 Å². The molecule has 4 nitrogen and oxygen atoms in total. The van der Waals surface area contributed by atoms with Gasteiger partial charge in [0.15, 0.2) is 0 Å². The van der Waals surface area contributed by atoms with Crippen LogP contribution in [0.1, 0.15) is 18.4 Å². The van der Waals surface area contributed by atoms with Crippen LogP contribution in [0.15, 0.2) is 53.4 Å². The van der Waals surface area contributed by atoms with E-state index in [4.69, 9.17) is 11.6 Å². The van der Waals surface area contributed by atoms with E-state index in [1.165, 1.54) is 4.90 Å². The number of rotatable bonds is 6. The first-order valence-corrected chi connectivity index (χ1v) is 10.0. The summed E-state index contributed by atoms with van der Waals surface area (Å²) < 4.78 is 0. The van der Waals surface area contributed by atoms with Crippen molar-refractivity contribution in [1.82, 2.24) is 4.90 Å². The molecular weight excluding hydrogens is 368 g/mol. The van der Waals surface area contributed by atoms with E-state index in [0.717, 1.165) is 29.0 Å². The second-order valence-electron chi connectivity index (χ2n) is 6.50. The first-order chi connectivity index (χ1) is 12.5. The fraction of sp³-hybridized carbons (Fsp3) is 0.300. The fourth-order valence-electron chi connectivity index (χ4n) is 3.13. The van der Waals surface area contributed by atoms with Crippen molar-refractivity contribution in [2.45, 2.75) is 23.2 Å². The van der Waals surface area contributed by atoms with E-state index in [9.17, 15) is 9.59 Å². The van der Waals surface area contributed by atoms with E-state index in [2.05, 4.69) is 5.32 Å². The second kappa shape index (κ2) is 7.72. The Bertz CT molecular complexity index is 836. The van der Waals surface area contributed by atoms with Crippen molar-refractivity contribution < 1.29 is 9.59 Å². The highest BCUT2D eigenvalue weighted by molar-refractivity contribution is 7.98. The largest absolute Gasteiger partial charge is 0.336 e. The van der Waals surface area contributed by atoms with Crippen LogP contribution in [-0.2, 0) is 15.0 Å². The van der Waals surface area contributed by atoms with Crippen LogP contribution < -0.4 is 5.32 Å². The molecule has 0 spiro atoms. The molecule has 2 amide bonds. The zero-order valence-electron chi connectivity index (χ0n) is 14.8. The number of carbonyl (C=O) groups is 2. The van der Waals surface area contributed by atoms with Crippen molar-refractivity contribution >= 4 is 40.9 Å². The number of amides is 2. The predicted molar refractivity (Wildman–Crippen MR) is 107 cm³/mol. The number of para-hydroxylation sites is 1. The summed E-state index contributed by atoms with van der Waals surface area (Å²) in [5, 5.41) is 3.51. The zero-order valence-corrected chi connectivity index (χ0v) is 16.4. The van der Waals surface area contributed by atoms with Crippen molar-refractivity contribution in [2.75, 3.05) is 25.2 Å². The maximum Gasteiger partial charge on any atom is 0.244 e. The lowest BCUT2D eigenvalue weighted by molar-refractivity contribution is -0.135. The van der Waals surface area contributed by atoms with Gasteiger partial charge in [0, 0.05) is 17.0 Å². The Hall–Kier alpha value is -1.98. The number of benzene rings is 2. The van der Waals surface area contributed by atoms with Crippen LogP contribution in [0.3, 0.4) is 0 Å². The summed E-state index contributed by atoms with van der Waals surface area (Å²) in [6, 6.07) is 15.0. The molecule has 1 aliphatic rings. The average molecular weight is 389 g/mol. The molecule has 136 valence electrons. The minimum atomic E-state index is -0.531. The van der Waals surface area contributed by atoms with Crippen molar-refractivity contribution in [2.24, 2.45) is 0 Å². The van der Waals surface area contributed by atoms with Crippen LogP contribution in [0.25, 0.3) is 0 Å². The van der Waals surface area contributed by atoms with Gasteiger partial charge in [0.25, 0.3) is 0 Å². The topological polar surface area (TPSA) is 49.4 Å². The molecule has 0 radical (unpaired) electrons. The molecule has 26 heavy (non-hydrogen) atoms. The molecule has 0 heterocycles. The van der Waals surface area contributed by atoms with Gasteiger partial charge in [-0.2, -0.15) is 0 Å². The van der Waals surface area contributed by atoms with Gasteiger partial charge in [0.2, 0.25) is 11.8 Å². The number of carbonyl (C=O) groups excluding carboxylic acids is 2. The summed E-state index contributed by atoms with van der Waals surface area (Å²) >= 11 is 7.64. The number of thioether (sulfide) groups is 1. The molecular formula is C20H21ClN2O2S. The molecule has 1 aliphatic carbocycles. The van der Waals surface area contributed by atoms with E-state index < -0.39 is 5.41 Å². The molecule has 1 fully saturated rings. The average Bonchev–Trinajstić information content (AvgIpc) is 3.43. The van der Waals surface area contributed by atoms with Gasteiger partial charge in [0.1, 0.15) is 0 Å². The number of likely N-dealkylation sites (N-methyl/N-ethyl adjacent to an activating group) is 1. The van der Waals surface area contributed by atoms with Crippen LogP contribution in [0.2, 0.25) is 5.02 Å². The van der Waals surface area contributed by atoms with Crippen LogP contribution in [0.4, 0.5) is 5.69 Å². The van der Waals surface area contributed by atoms with Crippen molar-refractivity contribution in [1.29, 1.82) is 0 Å². The predicted octanol–water partition coefficient (Wildman–Crippen LogP) is 4.19. The van der Waals surface area contributed by atoms with Crippen molar-refractivity contribution in [3.63, 3.8) is 0 Å². The molecule has 0 aliphatic heterocycles. The number of hydrogen-bond acceptors (Lipinski definition) is 3. The highest BCUT2D eigenvalue weighted by Crippen LogP contribution is 2.49. The molecule has 1 N–H and O–H groups in total. The molecule has 1 saturated carbocycles. The zero-order chi connectivity index (χ0) is 18.7. The Balaban J connectivity index is 1.67. The third-order valence-corrected chi connectivity index (χ3v) is 5.68. The van der Waals surface area contributed by atoms with Gasteiger partial charge >= 0.3 is 0 Å². The number of nitrogens with one attached hydrogen (secondary N) is 1. The van der Waals surface area contributed by atoms with E-state index >= 15 is 0 Å². The van der Waals surface area contributed by atoms with Gasteiger partial charge in [-0.15, -0.1) is 11.8 Å². The lowest BCUT2D eigenvalue weighted by Gasteiger charge is -2.23. The second-order valence-corrected chi connectivity index (χ2v) is 7.79. The standard InChI is InChI=1S/C20H21ClN2O2S/c1-23(13-18(24)22-16-8-3-4-9-17(16)26-2)19(25)20(10-11-20)14-6-5-7-15(21)12-14/h3-9,12H,10-11,13H2,1-2H3,(H,22,24). The molecule has 3 rings (SSSR count). The Kier molecular flexibility index (Phi) is 5.58. The van der Waals surface area contributed by atoms with Gasteiger partial charge in [-0.05, 0) is 48.9 Å². The van der Waals surface area contributed by atoms with Crippen molar-refractivity contribution in [3.05, 3.63) is 59.1 Å². The molecule has 0 bridgehead atoms. The van der Waals surface area contributed by atoms with Gasteiger partial charge < -0.3 is 10.2 Å². The van der Waals surface area contributed by atoms with Crippen LogP contribution in [0.5, 0.6) is 0 Å². The third-order valence-electron chi connectivity index (χ3n) is 4.65. The minimum Gasteiger partial charge on any atom is -0.336 e. The summed E-state index contributed by atoms with van der Waals surface area (Å²) in [5.74, 6) is -0.239. The molecule has 2 aromatic carbocycles. The van der Waals surface area contributed by atoms with Crippen LogP contribution in [0, 0.1) is 0 Å². The maximum atomic E-state index is 12.9. The smallest absolute Gasteiger partial charge is 0.244 e. The van der Waals surface area contributed by atoms with Crippen LogP contribution >= 0.6 is 23.4 Å². The summed E-state index contributed by atoms with van der Waals surface area (Å²) in [6.45, 7) is 0.0177. The minimum absolute atomic E-state index is 0.0177. The Labute approximate surface area is 162 Å². The van der Waals surface area contributed by atoms with Gasteiger partial charge in [-0.1, -0.05) is 35.9 Å². The Morgan fingerprint density at radius 2 is 1.92 bits per heavy atom. The van der Waals surface area contributed by atoms with E-state index in [0.29, 0.717) is 5.02 Å². The molecule has 0 aromatic heterocycles. The summed E-state index contributed by atoms with van der Waals surface area (Å²) in [7, 11) is 1.67. The number of halogens is 1. The highest BCUT2D eigenvalue weighted by atomic mass is 35.5. The normalized spacial score (nSPS) is 14.6. The SMILES string of the molecule is CSc1ccccc1NC(=O)CN(C)C(=O)C1(c2cccc(Cl)c2)CC1. The van der Waals surface area contributed by atoms with Gasteiger partial charge in [-0.3, -0.25) is 9.59 Å². The van der Waals surface area contributed by atoms with Gasteiger partial charge in [0.05, 0.1) is 17.6 Å². The maximum absolute atomic E-state index is 12.9. The first kappa shape index (κ1) is 18.8.